The van der Waals surface area contributed by atoms with Crippen molar-refractivity contribution in [2.24, 2.45) is 0 Å². The van der Waals surface area contributed by atoms with Gasteiger partial charge in [0.05, 0.1) is 10.5 Å². The summed E-state index contributed by atoms with van der Waals surface area (Å²) in [5.41, 5.74) is 0.383. The number of halogens is 2. The largest absolute Gasteiger partial charge is 0.364 e. The molecule has 0 aromatic heterocycles. The van der Waals surface area contributed by atoms with Gasteiger partial charge in [0.25, 0.3) is 11.6 Å². The third-order valence-corrected chi connectivity index (χ3v) is 5.63. The molecular formula is C17H20BrClN4O4. The average Bonchev–Trinajstić information content (AvgIpc) is 3.31. The number of likely N-dealkylation sites (N-methyl/N-ethyl adjacent to an activating group) is 1. The highest BCUT2D eigenvalue weighted by molar-refractivity contribution is 9.10. The molecule has 27 heavy (non-hydrogen) atoms. The molecule has 1 atom stereocenters. The van der Waals surface area contributed by atoms with Crippen LogP contribution in [0.1, 0.15) is 29.6 Å². The van der Waals surface area contributed by atoms with Crippen molar-refractivity contribution in [1.29, 1.82) is 0 Å². The lowest BCUT2D eigenvalue weighted by Gasteiger charge is -2.28. The van der Waals surface area contributed by atoms with Crippen LogP contribution in [0.15, 0.2) is 16.6 Å². The molecule has 10 heteroatoms. The van der Waals surface area contributed by atoms with Crippen molar-refractivity contribution in [3.8, 4) is 0 Å². The molecule has 8 nitrogen and oxygen atoms in total. The van der Waals surface area contributed by atoms with E-state index in [2.05, 4.69) is 21.2 Å². The Labute approximate surface area is 170 Å². The molecular weight excluding hydrogens is 440 g/mol. The van der Waals surface area contributed by atoms with Gasteiger partial charge in [0.2, 0.25) is 5.91 Å². The number of benzene rings is 1. The first-order valence-corrected chi connectivity index (χ1v) is 10.00. The fourth-order valence-electron chi connectivity index (χ4n) is 3.31. The van der Waals surface area contributed by atoms with E-state index in [4.69, 9.17) is 11.6 Å². The standard InChI is InChI=1S/C17H20BrClN4O4/c1-21(12-4-5-22(9-12)15(24)8-19)16-13(17(25)20-11-2-3-11)6-10(18)7-14(16)23(26)27/h6-7,11-12H,2-5,8-9H2,1H3,(H,20,25). The van der Waals surface area contributed by atoms with Gasteiger partial charge < -0.3 is 15.1 Å². The molecule has 2 amide bonds. The Bertz CT molecular complexity index is 786. The molecule has 0 bridgehead atoms. The zero-order valence-corrected chi connectivity index (χ0v) is 17.1. The van der Waals surface area contributed by atoms with Crippen LogP contribution in [0.5, 0.6) is 0 Å². The van der Waals surface area contributed by atoms with Crippen LogP contribution in [0.3, 0.4) is 0 Å². The Kier molecular flexibility index (Phi) is 5.90. The Morgan fingerprint density at radius 1 is 1.41 bits per heavy atom. The zero-order valence-electron chi connectivity index (χ0n) is 14.8. The van der Waals surface area contributed by atoms with Gasteiger partial charge in [0, 0.05) is 42.8 Å². The predicted octanol–water partition coefficient (Wildman–Crippen LogP) is 2.53. The van der Waals surface area contributed by atoms with Gasteiger partial charge in [0.1, 0.15) is 11.6 Å². The van der Waals surface area contributed by atoms with E-state index >= 15 is 0 Å². The van der Waals surface area contributed by atoms with Crippen molar-refractivity contribution in [1.82, 2.24) is 10.2 Å². The van der Waals surface area contributed by atoms with E-state index < -0.39 is 4.92 Å². The van der Waals surface area contributed by atoms with Gasteiger partial charge in [-0.15, -0.1) is 11.6 Å². The predicted molar refractivity (Wildman–Crippen MR) is 105 cm³/mol. The highest BCUT2D eigenvalue weighted by atomic mass is 79.9. The summed E-state index contributed by atoms with van der Waals surface area (Å²) in [6.07, 6.45) is 2.49. The molecule has 1 saturated carbocycles. The fraction of sp³-hybridized carbons (Fsp3) is 0.529. The van der Waals surface area contributed by atoms with Crippen molar-refractivity contribution in [3.63, 3.8) is 0 Å². The lowest BCUT2D eigenvalue weighted by atomic mass is 10.1. The van der Waals surface area contributed by atoms with Gasteiger partial charge in [-0.1, -0.05) is 15.9 Å². The summed E-state index contributed by atoms with van der Waals surface area (Å²) in [5, 5.41) is 14.6. The number of nitrogens with zero attached hydrogens (tertiary/aromatic N) is 3. The average molecular weight is 460 g/mol. The number of anilines is 1. The number of amides is 2. The highest BCUT2D eigenvalue weighted by Crippen LogP contribution is 2.37. The van der Waals surface area contributed by atoms with Gasteiger partial charge >= 0.3 is 0 Å². The Morgan fingerprint density at radius 3 is 2.70 bits per heavy atom. The number of carbonyl (C=O) groups is 2. The van der Waals surface area contributed by atoms with Crippen molar-refractivity contribution in [3.05, 3.63) is 32.3 Å². The molecule has 1 aromatic rings. The number of carbonyl (C=O) groups excluding carboxylic acids is 2. The normalized spacial score (nSPS) is 19.1. The van der Waals surface area contributed by atoms with E-state index in [-0.39, 0.29) is 46.7 Å². The molecule has 0 spiro atoms. The summed E-state index contributed by atoms with van der Waals surface area (Å²) in [6, 6.07) is 3.00. The monoisotopic (exact) mass is 458 g/mol. The SMILES string of the molecule is CN(c1c(C(=O)NC2CC2)cc(Br)cc1[N+](=O)[O-])C1CCN(C(=O)CCl)C1. The molecule has 2 fully saturated rings. The lowest BCUT2D eigenvalue weighted by molar-refractivity contribution is -0.384. The molecule has 1 N–H and O–H groups in total. The van der Waals surface area contributed by atoms with E-state index in [0.717, 1.165) is 12.8 Å². The molecule has 0 radical (unpaired) electrons. The van der Waals surface area contributed by atoms with Crippen LogP contribution >= 0.6 is 27.5 Å². The van der Waals surface area contributed by atoms with Crippen LogP contribution in [0, 0.1) is 10.1 Å². The van der Waals surface area contributed by atoms with Crippen LogP contribution in [-0.2, 0) is 4.79 Å². The molecule has 1 heterocycles. The Morgan fingerprint density at radius 2 is 2.11 bits per heavy atom. The minimum absolute atomic E-state index is 0.0933. The van der Waals surface area contributed by atoms with Crippen LogP contribution in [-0.4, -0.2) is 59.7 Å². The first-order valence-electron chi connectivity index (χ1n) is 8.67. The van der Waals surface area contributed by atoms with Gasteiger partial charge in [-0.05, 0) is 25.3 Å². The molecule has 1 aromatic carbocycles. The maximum atomic E-state index is 12.7. The smallest absolute Gasteiger partial charge is 0.294 e. The summed E-state index contributed by atoms with van der Waals surface area (Å²) < 4.78 is 0.470. The number of hydrogen-bond acceptors (Lipinski definition) is 5. The van der Waals surface area contributed by atoms with Gasteiger partial charge in [-0.25, -0.2) is 0 Å². The van der Waals surface area contributed by atoms with Crippen molar-refractivity contribution in [2.75, 3.05) is 30.9 Å². The number of hydrogen-bond donors (Lipinski definition) is 1. The Balaban J connectivity index is 1.95. The van der Waals surface area contributed by atoms with Gasteiger partial charge in [0.15, 0.2) is 0 Å². The van der Waals surface area contributed by atoms with E-state index in [0.29, 0.717) is 24.0 Å². The molecule has 2 aliphatic rings. The summed E-state index contributed by atoms with van der Waals surface area (Å²) in [4.78, 5) is 39.1. The summed E-state index contributed by atoms with van der Waals surface area (Å²) in [6.45, 7) is 0.952. The Hall–Kier alpha value is -1.87. The molecule has 1 aliphatic carbocycles. The third-order valence-electron chi connectivity index (χ3n) is 4.94. The van der Waals surface area contributed by atoms with Gasteiger partial charge in [-0.2, -0.15) is 0 Å². The number of nitrogens with one attached hydrogen (secondary N) is 1. The fourth-order valence-corrected chi connectivity index (χ4v) is 3.92. The van der Waals surface area contributed by atoms with Crippen LogP contribution in [0.4, 0.5) is 11.4 Å². The molecule has 3 rings (SSSR count). The first-order chi connectivity index (χ1) is 12.8. The molecule has 1 unspecified atom stereocenters. The van der Waals surface area contributed by atoms with E-state index in [1.807, 2.05) is 0 Å². The lowest BCUT2D eigenvalue weighted by Crippen LogP contribution is -2.38. The second-order valence-electron chi connectivity index (χ2n) is 6.85. The highest BCUT2D eigenvalue weighted by Gasteiger charge is 2.35. The quantitative estimate of drug-likeness (QED) is 0.401. The number of likely N-dealkylation sites (tertiary alicyclic amines) is 1. The molecule has 1 saturated heterocycles. The topological polar surface area (TPSA) is 95.8 Å². The summed E-state index contributed by atoms with van der Waals surface area (Å²) >= 11 is 8.90. The van der Waals surface area contributed by atoms with Crippen molar-refractivity contribution < 1.29 is 14.5 Å². The van der Waals surface area contributed by atoms with Gasteiger partial charge in [-0.3, -0.25) is 19.7 Å². The van der Waals surface area contributed by atoms with Crippen LogP contribution in [0.25, 0.3) is 0 Å². The maximum Gasteiger partial charge on any atom is 0.294 e. The summed E-state index contributed by atoms with van der Waals surface area (Å²) in [5.74, 6) is -0.579. The number of alkyl halides is 1. The van der Waals surface area contributed by atoms with E-state index in [9.17, 15) is 19.7 Å². The van der Waals surface area contributed by atoms with E-state index in [1.54, 1.807) is 22.9 Å². The first kappa shape index (κ1) is 19.9. The second-order valence-corrected chi connectivity index (χ2v) is 8.04. The molecule has 146 valence electrons. The van der Waals surface area contributed by atoms with Crippen LogP contribution in [0.2, 0.25) is 0 Å². The minimum Gasteiger partial charge on any atom is -0.364 e. The number of nitro benzene ring substituents is 1. The molecule has 1 aliphatic heterocycles. The minimum atomic E-state index is -0.485. The number of rotatable bonds is 6. The van der Waals surface area contributed by atoms with Crippen molar-refractivity contribution in [2.45, 2.75) is 31.3 Å². The second kappa shape index (κ2) is 8.02. The van der Waals surface area contributed by atoms with E-state index in [1.165, 1.54) is 6.07 Å². The third kappa shape index (κ3) is 4.35. The zero-order chi connectivity index (χ0) is 19.7. The maximum absolute atomic E-state index is 12.7. The van der Waals surface area contributed by atoms with Crippen molar-refractivity contribution >= 4 is 50.7 Å². The summed E-state index contributed by atoms with van der Waals surface area (Å²) in [7, 11) is 1.73. The number of nitro groups is 1. The van der Waals surface area contributed by atoms with Crippen LogP contribution < -0.4 is 10.2 Å².